The van der Waals surface area contributed by atoms with E-state index in [0.29, 0.717) is 11.8 Å². The number of nitrogens with zero attached hydrogens (tertiary/aromatic N) is 1. The van der Waals surface area contributed by atoms with E-state index in [4.69, 9.17) is 18.9 Å². The zero-order valence-corrected chi connectivity index (χ0v) is 14.4. The molecule has 1 aliphatic carbocycles. The molecule has 0 saturated carbocycles. The third-order valence-electron chi connectivity index (χ3n) is 6.02. The summed E-state index contributed by atoms with van der Waals surface area (Å²) in [4.78, 5) is 13.8. The maximum atomic E-state index is 11.3. The molecule has 4 aliphatic rings. The van der Waals surface area contributed by atoms with Crippen LogP contribution in [0.5, 0.6) is 17.2 Å². The van der Waals surface area contributed by atoms with Gasteiger partial charge in [-0.2, -0.15) is 0 Å². The van der Waals surface area contributed by atoms with Crippen LogP contribution in [0.25, 0.3) is 0 Å². The Bertz CT molecular complexity index is 789. The summed E-state index contributed by atoms with van der Waals surface area (Å²) >= 11 is 0. The third-order valence-corrected chi connectivity index (χ3v) is 6.02. The summed E-state index contributed by atoms with van der Waals surface area (Å²) in [5.41, 5.74) is 2.39. The molecule has 3 heterocycles. The van der Waals surface area contributed by atoms with Crippen LogP contribution in [0.2, 0.25) is 0 Å². The lowest BCUT2D eigenvalue weighted by molar-refractivity contribution is -0.145. The minimum Gasteiger partial charge on any atom is -0.492 e. The first kappa shape index (κ1) is 15.1. The van der Waals surface area contributed by atoms with Gasteiger partial charge in [-0.25, -0.2) is 0 Å². The number of ether oxygens (including phenoxy) is 4. The topological polar surface area (TPSA) is 57.2 Å². The fourth-order valence-corrected chi connectivity index (χ4v) is 5.04. The highest BCUT2D eigenvalue weighted by molar-refractivity contribution is 5.67. The molecular weight excluding hydrogens is 322 g/mol. The van der Waals surface area contributed by atoms with Crippen LogP contribution >= 0.6 is 0 Å². The Morgan fingerprint density at radius 2 is 2.28 bits per heavy atom. The van der Waals surface area contributed by atoms with Gasteiger partial charge in [-0.15, -0.1) is 0 Å². The lowest BCUT2D eigenvalue weighted by atomic mass is 9.66. The molecule has 132 valence electrons. The number of hydrogen-bond acceptors (Lipinski definition) is 6. The van der Waals surface area contributed by atoms with Gasteiger partial charge in [0.05, 0.1) is 7.11 Å². The second-order valence-corrected chi connectivity index (χ2v) is 7.19. The van der Waals surface area contributed by atoms with E-state index in [1.165, 1.54) is 18.1 Å². The highest BCUT2D eigenvalue weighted by Crippen LogP contribution is 2.57. The summed E-state index contributed by atoms with van der Waals surface area (Å²) in [7, 11) is 1.69. The monoisotopic (exact) mass is 343 g/mol. The van der Waals surface area contributed by atoms with Crippen LogP contribution in [0.15, 0.2) is 18.2 Å². The van der Waals surface area contributed by atoms with Crippen molar-refractivity contribution in [2.75, 3.05) is 20.4 Å². The molecule has 1 aromatic carbocycles. The fraction of sp³-hybridized carbons (Fsp3) is 0.526. The molecule has 2 bridgehead atoms. The van der Waals surface area contributed by atoms with Crippen molar-refractivity contribution in [1.29, 1.82) is 0 Å². The maximum Gasteiger partial charge on any atom is 0.303 e. The van der Waals surface area contributed by atoms with Crippen molar-refractivity contribution >= 4 is 5.97 Å². The maximum absolute atomic E-state index is 11.3. The van der Waals surface area contributed by atoms with Crippen LogP contribution < -0.4 is 14.2 Å². The Morgan fingerprint density at radius 3 is 3.08 bits per heavy atom. The van der Waals surface area contributed by atoms with Gasteiger partial charge in [-0.05, 0) is 24.1 Å². The number of esters is 1. The molecule has 0 spiro atoms. The average Bonchev–Trinajstić information content (AvgIpc) is 3.15. The summed E-state index contributed by atoms with van der Waals surface area (Å²) < 4.78 is 22.4. The number of carbonyl (C=O) groups is 1. The van der Waals surface area contributed by atoms with Crippen molar-refractivity contribution in [2.45, 2.75) is 43.9 Å². The number of fused-ring (bicyclic) bond motifs is 2. The first-order chi connectivity index (χ1) is 12.1. The lowest BCUT2D eigenvalue weighted by Gasteiger charge is -2.46. The number of benzene rings is 1. The van der Waals surface area contributed by atoms with Crippen LogP contribution in [-0.2, 0) is 21.5 Å². The van der Waals surface area contributed by atoms with E-state index in [9.17, 15) is 4.79 Å². The van der Waals surface area contributed by atoms with Crippen LogP contribution in [0.4, 0.5) is 0 Å². The molecule has 25 heavy (non-hydrogen) atoms. The molecule has 0 amide bonds. The third kappa shape index (κ3) is 1.97. The van der Waals surface area contributed by atoms with Gasteiger partial charge >= 0.3 is 5.97 Å². The molecule has 1 fully saturated rings. The molecule has 5 rings (SSSR count). The Balaban J connectivity index is 1.65. The van der Waals surface area contributed by atoms with E-state index in [1.54, 1.807) is 7.11 Å². The summed E-state index contributed by atoms with van der Waals surface area (Å²) in [6.07, 6.45) is 6.03. The first-order valence-electron chi connectivity index (χ1n) is 8.73. The van der Waals surface area contributed by atoms with E-state index < -0.39 is 0 Å². The van der Waals surface area contributed by atoms with Gasteiger partial charge in [0.25, 0.3) is 0 Å². The van der Waals surface area contributed by atoms with Crippen molar-refractivity contribution in [3.8, 4) is 17.2 Å². The van der Waals surface area contributed by atoms with Gasteiger partial charge in [-0.1, -0.05) is 6.08 Å². The van der Waals surface area contributed by atoms with E-state index in [-0.39, 0.29) is 24.3 Å². The second kappa shape index (κ2) is 5.14. The molecule has 0 radical (unpaired) electrons. The zero-order chi connectivity index (χ0) is 17.2. The van der Waals surface area contributed by atoms with E-state index in [0.717, 1.165) is 37.4 Å². The quantitative estimate of drug-likeness (QED) is 0.606. The number of carbonyl (C=O) groups excluding carboxylic acids is 1. The Labute approximate surface area is 146 Å². The van der Waals surface area contributed by atoms with Crippen molar-refractivity contribution in [3.63, 3.8) is 0 Å². The van der Waals surface area contributed by atoms with Crippen LogP contribution in [0.1, 0.15) is 30.9 Å². The Hall–Kier alpha value is -2.21. The predicted octanol–water partition coefficient (Wildman–Crippen LogP) is 2.14. The molecule has 2 unspecified atom stereocenters. The number of methoxy groups -OCH3 is 1. The summed E-state index contributed by atoms with van der Waals surface area (Å²) in [6, 6.07) is 2.46. The second-order valence-electron chi connectivity index (χ2n) is 7.19. The summed E-state index contributed by atoms with van der Waals surface area (Å²) in [6.45, 7) is 3.54. The van der Waals surface area contributed by atoms with Crippen molar-refractivity contribution in [1.82, 2.24) is 4.90 Å². The van der Waals surface area contributed by atoms with Gasteiger partial charge in [-0.3, -0.25) is 9.69 Å². The standard InChI is InChI=1S/C19H21NO5/c1-11(21)25-12-3-4-19-5-6-20(16(19)7-12)9-13-14(19)8-15-18(17(13)22-2)24-10-23-15/h3-4,8,12,16H,5-7,9-10H2,1-2H3/t12-,16+,19?/m0/s1. The zero-order valence-electron chi connectivity index (χ0n) is 14.4. The van der Waals surface area contributed by atoms with Gasteiger partial charge < -0.3 is 18.9 Å². The molecular formula is C19H21NO5. The van der Waals surface area contributed by atoms with Gasteiger partial charge in [0.2, 0.25) is 12.5 Å². The summed E-state index contributed by atoms with van der Waals surface area (Å²) in [5.74, 6) is 2.05. The molecule has 6 nitrogen and oxygen atoms in total. The molecule has 6 heteroatoms. The van der Waals surface area contributed by atoms with E-state index in [2.05, 4.69) is 17.0 Å². The highest BCUT2D eigenvalue weighted by Gasteiger charge is 2.54. The van der Waals surface area contributed by atoms with E-state index >= 15 is 0 Å². The molecule has 1 saturated heterocycles. The van der Waals surface area contributed by atoms with Gasteiger partial charge in [0, 0.05) is 43.5 Å². The SMILES string of the molecule is COc1c2c(cc3c1OCO3)C13C=C[C@H](OC(C)=O)C[C@H]1N(CC3)C2. The largest absolute Gasteiger partial charge is 0.492 e. The van der Waals surface area contributed by atoms with Crippen LogP contribution in [0, 0.1) is 0 Å². The first-order valence-corrected chi connectivity index (χ1v) is 8.73. The summed E-state index contributed by atoms with van der Waals surface area (Å²) in [5, 5.41) is 0. The van der Waals surface area contributed by atoms with Gasteiger partial charge in [0.15, 0.2) is 11.5 Å². The molecule has 0 aromatic heterocycles. The normalized spacial score (nSPS) is 33.6. The molecule has 4 atom stereocenters. The Morgan fingerprint density at radius 1 is 1.40 bits per heavy atom. The van der Waals surface area contributed by atoms with Crippen molar-refractivity contribution in [3.05, 3.63) is 29.3 Å². The predicted molar refractivity (Wildman–Crippen MR) is 88.9 cm³/mol. The molecule has 1 aromatic rings. The van der Waals surface area contributed by atoms with Crippen molar-refractivity contribution in [2.24, 2.45) is 0 Å². The smallest absolute Gasteiger partial charge is 0.303 e. The van der Waals surface area contributed by atoms with Gasteiger partial charge in [0.1, 0.15) is 6.10 Å². The highest BCUT2D eigenvalue weighted by atomic mass is 16.7. The van der Waals surface area contributed by atoms with Crippen LogP contribution in [-0.4, -0.2) is 43.5 Å². The number of hydrogen-bond donors (Lipinski definition) is 0. The number of rotatable bonds is 2. The average molecular weight is 343 g/mol. The Kier molecular flexibility index (Phi) is 3.10. The van der Waals surface area contributed by atoms with E-state index in [1.807, 2.05) is 6.08 Å². The van der Waals surface area contributed by atoms with Crippen LogP contribution in [0.3, 0.4) is 0 Å². The molecule has 0 N–H and O–H groups in total. The van der Waals surface area contributed by atoms with Crippen molar-refractivity contribution < 1.29 is 23.7 Å². The molecule has 3 aliphatic heterocycles. The minimum absolute atomic E-state index is 0.0709. The fourth-order valence-electron chi connectivity index (χ4n) is 5.04. The lowest BCUT2D eigenvalue weighted by Crippen LogP contribution is -2.49. The minimum atomic E-state index is -0.228.